The van der Waals surface area contributed by atoms with Crippen molar-refractivity contribution in [2.24, 2.45) is 0 Å². The Labute approximate surface area is 121 Å². The van der Waals surface area contributed by atoms with Crippen LogP contribution in [0.5, 0.6) is 0 Å². The average Bonchev–Trinajstić information content (AvgIpc) is 2.31. The third-order valence-corrected chi connectivity index (χ3v) is 3.37. The van der Waals surface area contributed by atoms with Crippen LogP contribution in [-0.4, -0.2) is 37.5 Å². The van der Waals surface area contributed by atoms with Crippen molar-refractivity contribution in [3.05, 3.63) is 28.0 Å². The Morgan fingerprint density at radius 3 is 2.74 bits per heavy atom. The van der Waals surface area contributed by atoms with E-state index in [9.17, 15) is 9.18 Å². The molecule has 1 rings (SSSR count). The first-order chi connectivity index (χ1) is 8.81. The highest BCUT2D eigenvalue weighted by Gasteiger charge is 2.15. The molecule has 4 nitrogen and oxygen atoms in total. The van der Waals surface area contributed by atoms with Crippen LogP contribution >= 0.6 is 15.9 Å². The van der Waals surface area contributed by atoms with Crippen molar-refractivity contribution in [1.82, 2.24) is 10.2 Å². The number of nitrogen functional groups attached to an aromatic ring is 1. The monoisotopic (exact) mass is 331 g/mol. The number of halogens is 2. The number of benzene rings is 1. The van der Waals surface area contributed by atoms with E-state index in [1.165, 1.54) is 12.1 Å². The van der Waals surface area contributed by atoms with Gasteiger partial charge in [0.25, 0.3) is 5.91 Å². The van der Waals surface area contributed by atoms with Gasteiger partial charge >= 0.3 is 0 Å². The number of hydrogen-bond acceptors (Lipinski definition) is 3. The molecule has 1 amide bonds. The summed E-state index contributed by atoms with van der Waals surface area (Å²) in [6.45, 7) is 2.82. The third-order valence-electron chi connectivity index (χ3n) is 2.72. The zero-order chi connectivity index (χ0) is 14.6. The maximum absolute atomic E-state index is 13.2. The molecule has 3 N–H and O–H groups in total. The number of carbonyl (C=O) groups excluding carboxylic acids is 1. The molecule has 1 atom stereocenters. The lowest BCUT2D eigenvalue weighted by Crippen LogP contribution is -2.35. The largest absolute Gasteiger partial charge is 0.396 e. The van der Waals surface area contributed by atoms with Crippen LogP contribution in [-0.2, 0) is 0 Å². The summed E-state index contributed by atoms with van der Waals surface area (Å²) in [7, 11) is 3.96. The van der Waals surface area contributed by atoms with Crippen molar-refractivity contribution in [3.63, 3.8) is 0 Å². The van der Waals surface area contributed by atoms with Crippen molar-refractivity contribution >= 4 is 27.5 Å². The number of anilines is 1. The Balaban J connectivity index is 2.70. The molecule has 0 saturated heterocycles. The second-order valence-corrected chi connectivity index (χ2v) is 5.67. The topological polar surface area (TPSA) is 58.4 Å². The fourth-order valence-corrected chi connectivity index (χ4v) is 2.06. The fraction of sp³-hybridized carbons (Fsp3) is 0.462. The number of carbonyl (C=O) groups is 1. The van der Waals surface area contributed by atoms with E-state index in [1.807, 2.05) is 21.0 Å². The van der Waals surface area contributed by atoms with Crippen molar-refractivity contribution in [2.75, 3.05) is 26.4 Å². The molecule has 0 aliphatic rings. The van der Waals surface area contributed by atoms with Gasteiger partial charge in [0.1, 0.15) is 5.82 Å². The second-order valence-electron chi connectivity index (χ2n) is 4.82. The van der Waals surface area contributed by atoms with Crippen molar-refractivity contribution < 1.29 is 9.18 Å². The van der Waals surface area contributed by atoms with Gasteiger partial charge in [0.15, 0.2) is 0 Å². The molecule has 0 bridgehead atoms. The minimum atomic E-state index is -0.538. The summed E-state index contributed by atoms with van der Waals surface area (Å²) < 4.78 is 13.6. The van der Waals surface area contributed by atoms with Crippen LogP contribution in [0.1, 0.15) is 23.7 Å². The predicted octanol–water partition coefficient (Wildman–Crippen LogP) is 2.24. The fourth-order valence-electron chi connectivity index (χ4n) is 1.57. The molecule has 0 radical (unpaired) electrons. The highest BCUT2D eigenvalue weighted by atomic mass is 79.9. The first kappa shape index (κ1) is 15.9. The van der Waals surface area contributed by atoms with E-state index in [0.29, 0.717) is 10.0 Å². The van der Waals surface area contributed by atoms with E-state index >= 15 is 0 Å². The number of nitrogens with two attached hydrogens (primary N) is 1. The summed E-state index contributed by atoms with van der Waals surface area (Å²) in [4.78, 5) is 14.1. The Morgan fingerprint density at radius 2 is 2.16 bits per heavy atom. The van der Waals surface area contributed by atoms with E-state index in [2.05, 4.69) is 26.1 Å². The molecule has 106 valence electrons. The van der Waals surface area contributed by atoms with Crippen molar-refractivity contribution in [2.45, 2.75) is 19.4 Å². The molecule has 0 spiro atoms. The molecular formula is C13H19BrFN3O. The van der Waals surface area contributed by atoms with Gasteiger partial charge in [-0.25, -0.2) is 4.39 Å². The summed E-state index contributed by atoms with van der Waals surface area (Å²) in [5.74, 6) is -0.797. The maximum Gasteiger partial charge on any atom is 0.252 e. The van der Waals surface area contributed by atoms with E-state index in [1.54, 1.807) is 0 Å². The molecule has 0 aliphatic heterocycles. The molecule has 0 aromatic heterocycles. The van der Waals surface area contributed by atoms with Gasteiger partial charge in [-0.2, -0.15) is 0 Å². The number of nitrogens with zero attached hydrogens (tertiary/aromatic N) is 1. The highest BCUT2D eigenvalue weighted by molar-refractivity contribution is 9.10. The number of hydrogen-bond donors (Lipinski definition) is 2. The van der Waals surface area contributed by atoms with E-state index in [-0.39, 0.29) is 17.6 Å². The Kier molecular flexibility index (Phi) is 5.75. The van der Waals surface area contributed by atoms with Gasteiger partial charge in [0.2, 0.25) is 0 Å². The highest BCUT2D eigenvalue weighted by Crippen LogP contribution is 2.22. The number of rotatable bonds is 5. The Bertz CT molecular complexity index is 465. The van der Waals surface area contributed by atoms with Gasteiger partial charge in [0.05, 0.1) is 11.3 Å². The smallest absolute Gasteiger partial charge is 0.252 e. The summed E-state index contributed by atoms with van der Waals surface area (Å²) in [5.41, 5.74) is 5.78. The molecule has 0 saturated carbocycles. The zero-order valence-corrected chi connectivity index (χ0v) is 12.9. The average molecular weight is 332 g/mol. The lowest BCUT2D eigenvalue weighted by Gasteiger charge is -2.17. The van der Waals surface area contributed by atoms with Crippen LogP contribution in [0.15, 0.2) is 16.6 Å². The molecule has 19 heavy (non-hydrogen) atoms. The zero-order valence-electron chi connectivity index (χ0n) is 11.3. The van der Waals surface area contributed by atoms with Gasteiger partial charge in [-0.1, -0.05) is 0 Å². The van der Waals surface area contributed by atoms with E-state index in [4.69, 9.17) is 5.73 Å². The Morgan fingerprint density at radius 1 is 1.53 bits per heavy atom. The minimum Gasteiger partial charge on any atom is -0.396 e. The first-order valence-corrected chi connectivity index (χ1v) is 6.80. The molecule has 1 aromatic rings. The molecular weight excluding hydrogens is 313 g/mol. The second kappa shape index (κ2) is 6.86. The molecule has 0 fully saturated rings. The minimum absolute atomic E-state index is 0.0331. The lowest BCUT2D eigenvalue weighted by atomic mass is 10.1. The number of nitrogens with one attached hydrogen (secondary N) is 1. The molecule has 6 heteroatoms. The SMILES string of the molecule is CC(CCN(C)C)NC(=O)c1cc(N)c(F)cc1Br. The van der Waals surface area contributed by atoms with Crippen LogP contribution in [0.3, 0.4) is 0 Å². The van der Waals surface area contributed by atoms with Gasteiger partial charge in [-0.3, -0.25) is 4.79 Å². The summed E-state index contributed by atoms with van der Waals surface area (Å²) >= 11 is 3.17. The summed E-state index contributed by atoms with van der Waals surface area (Å²) in [6, 6.07) is 2.58. The number of amides is 1. The normalized spacial score (nSPS) is 12.5. The molecule has 0 heterocycles. The Hall–Kier alpha value is -1.14. The third kappa shape index (κ3) is 4.80. The van der Waals surface area contributed by atoms with Crippen molar-refractivity contribution in [3.8, 4) is 0 Å². The van der Waals surface area contributed by atoms with Gasteiger partial charge in [0, 0.05) is 10.5 Å². The standard InChI is InChI=1S/C13H19BrFN3O/c1-8(4-5-18(2)3)17-13(19)9-6-12(16)11(15)7-10(9)14/h6-8H,4-5,16H2,1-3H3,(H,17,19). The molecule has 0 aliphatic carbocycles. The maximum atomic E-state index is 13.2. The summed E-state index contributed by atoms with van der Waals surface area (Å²) in [5, 5.41) is 2.87. The van der Waals surface area contributed by atoms with Gasteiger partial charge in [-0.05, 0) is 62.0 Å². The van der Waals surface area contributed by atoms with Gasteiger partial charge < -0.3 is 16.0 Å². The van der Waals surface area contributed by atoms with Crippen LogP contribution in [0.4, 0.5) is 10.1 Å². The van der Waals surface area contributed by atoms with E-state index < -0.39 is 5.82 Å². The predicted molar refractivity (Wildman–Crippen MR) is 78.6 cm³/mol. The quantitative estimate of drug-likeness (QED) is 0.813. The van der Waals surface area contributed by atoms with Crippen LogP contribution in [0.2, 0.25) is 0 Å². The van der Waals surface area contributed by atoms with E-state index in [0.717, 1.165) is 13.0 Å². The first-order valence-electron chi connectivity index (χ1n) is 6.01. The van der Waals surface area contributed by atoms with Gasteiger partial charge in [-0.15, -0.1) is 0 Å². The van der Waals surface area contributed by atoms with Crippen LogP contribution in [0.25, 0.3) is 0 Å². The molecule has 1 unspecified atom stereocenters. The van der Waals surface area contributed by atoms with Crippen LogP contribution < -0.4 is 11.1 Å². The lowest BCUT2D eigenvalue weighted by molar-refractivity contribution is 0.0936. The van der Waals surface area contributed by atoms with Crippen LogP contribution in [0, 0.1) is 5.82 Å². The van der Waals surface area contributed by atoms with Crippen molar-refractivity contribution in [1.29, 1.82) is 0 Å². The molecule has 1 aromatic carbocycles. The summed E-state index contributed by atoms with van der Waals surface area (Å²) in [6.07, 6.45) is 0.840.